The highest BCUT2D eigenvalue weighted by atomic mass is 16.5. The molecule has 0 fully saturated rings. The molecule has 0 atom stereocenters. The largest absolute Gasteiger partial charge is 0.490 e. The highest BCUT2D eigenvalue weighted by Crippen LogP contribution is 2.28. The fourth-order valence-electron chi connectivity index (χ4n) is 3.15. The van der Waals surface area contributed by atoms with Crippen LogP contribution in [0.25, 0.3) is 0 Å². The van der Waals surface area contributed by atoms with Gasteiger partial charge in [0.2, 0.25) is 0 Å². The number of nitrogens with two attached hydrogens (primary N) is 1. The quantitative estimate of drug-likeness (QED) is 0.235. The van der Waals surface area contributed by atoms with Crippen LogP contribution in [-0.4, -0.2) is 19.0 Å². The number of hydrogen-bond acceptors (Lipinski definition) is 3. The van der Waals surface area contributed by atoms with Crippen molar-refractivity contribution in [2.24, 2.45) is 10.7 Å². The number of nitrogens with one attached hydrogen (secondary N) is 1. The van der Waals surface area contributed by atoms with Crippen molar-refractivity contribution in [3.05, 3.63) is 96.0 Å². The molecule has 0 amide bonds. The van der Waals surface area contributed by atoms with Crippen LogP contribution in [0.4, 0.5) is 0 Å². The van der Waals surface area contributed by atoms with Gasteiger partial charge in [-0.25, -0.2) is 0 Å². The number of aliphatic imine (C=N–C) groups is 1. The SMILES string of the molecule is C=C(N)NC(=NCCCC)/C(=C\C)OCCC(c1ccccc1)c1ccccc1. The first kappa shape index (κ1) is 22.3. The molecule has 4 nitrogen and oxygen atoms in total. The van der Waals surface area contributed by atoms with Gasteiger partial charge in [-0.05, 0) is 37.0 Å². The van der Waals surface area contributed by atoms with Crippen molar-refractivity contribution in [3.63, 3.8) is 0 Å². The van der Waals surface area contributed by atoms with E-state index in [1.807, 2.05) is 25.1 Å². The topological polar surface area (TPSA) is 59.6 Å². The smallest absolute Gasteiger partial charge is 0.169 e. The van der Waals surface area contributed by atoms with E-state index in [2.05, 4.69) is 72.3 Å². The summed E-state index contributed by atoms with van der Waals surface area (Å²) in [6, 6.07) is 21.1. The third-order valence-corrected chi connectivity index (χ3v) is 4.62. The van der Waals surface area contributed by atoms with E-state index in [0.29, 0.717) is 24.0 Å². The molecule has 0 aliphatic rings. The fourth-order valence-corrected chi connectivity index (χ4v) is 3.15. The highest BCUT2D eigenvalue weighted by Gasteiger charge is 2.15. The molecule has 0 bridgehead atoms. The Morgan fingerprint density at radius 2 is 1.69 bits per heavy atom. The normalized spacial score (nSPS) is 12.1. The summed E-state index contributed by atoms with van der Waals surface area (Å²) >= 11 is 0. The van der Waals surface area contributed by atoms with E-state index in [4.69, 9.17) is 10.5 Å². The first-order chi connectivity index (χ1) is 14.2. The van der Waals surface area contributed by atoms with Gasteiger partial charge in [-0.1, -0.05) is 80.6 Å². The van der Waals surface area contributed by atoms with Gasteiger partial charge in [0.05, 0.1) is 12.4 Å². The molecule has 29 heavy (non-hydrogen) atoms. The highest BCUT2D eigenvalue weighted by molar-refractivity contribution is 5.97. The Morgan fingerprint density at radius 3 is 2.17 bits per heavy atom. The summed E-state index contributed by atoms with van der Waals surface area (Å²) in [5.41, 5.74) is 8.32. The van der Waals surface area contributed by atoms with Crippen LogP contribution in [-0.2, 0) is 4.74 Å². The molecule has 0 radical (unpaired) electrons. The van der Waals surface area contributed by atoms with E-state index >= 15 is 0 Å². The second-order valence-electron chi connectivity index (χ2n) is 6.90. The van der Waals surface area contributed by atoms with Gasteiger partial charge in [0.25, 0.3) is 0 Å². The van der Waals surface area contributed by atoms with Crippen LogP contribution in [0.5, 0.6) is 0 Å². The Hall–Kier alpha value is -3.01. The zero-order valence-electron chi connectivity index (χ0n) is 17.6. The van der Waals surface area contributed by atoms with Crippen LogP contribution >= 0.6 is 0 Å². The van der Waals surface area contributed by atoms with Gasteiger partial charge in [0.15, 0.2) is 11.6 Å². The molecule has 2 aromatic carbocycles. The van der Waals surface area contributed by atoms with Crippen molar-refractivity contribution >= 4 is 5.84 Å². The Bertz CT molecular complexity index is 758. The number of benzene rings is 2. The maximum absolute atomic E-state index is 6.13. The molecule has 3 N–H and O–H groups in total. The lowest BCUT2D eigenvalue weighted by Crippen LogP contribution is -2.29. The minimum Gasteiger partial charge on any atom is -0.490 e. The van der Waals surface area contributed by atoms with E-state index in [9.17, 15) is 0 Å². The minimum atomic E-state index is 0.272. The summed E-state index contributed by atoms with van der Waals surface area (Å²) in [5, 5.41) is 3.03. The maximum Gasteiger partial charge on any atom is 0.169 e. The second-order valence-corrected chi connectivity index (χ2v) is 6.90. The average molecular weight is 392 g/mol. The standard InChI is InChI=1S/C25H33N3O/c1-4-6-18-27-25(28-20(3)26)24(5-2)29-19-17-23(21-13-9-7-10-14-21)22-15-11-8-12-16-22/h5,7-16,23H,3-4,6,17-19,26H2,1-2H3,(H,27,28)/b24-5+. The maximum atomic E-state index is 6.13. The minimum absolute atomic E-state index is 0.272. The molecule has 2 aromatic rings. The molecule has 0 aliphatic carbocycles. The van der Waals surface area contributed by atoms with Gasteiger partial charge in [-0.2, -0.15) is 0 Å². The van der Waals surface area contributed by atoms with Crippen LogP contribution < -0.4 is 11.1 Å². The van der Waals surface area contributed by atoms with Crippen molar-refractivity contribution < 1.29 is 4.74 Å². The summed E-state index contributed by atoms with van der Waals surface area (Å²) < 4.78 is 6.13. The van der Waals surface area contributed by atoms with Gasteiger partial charge >= 0.3 is 0 Å². The van der Waals surface area contributed by atoms with Crippen molar-refractivity contribution in [1.82, 2.24) is 5.32 Å². The lowest BCUT2D eigenvalue weighted by Gasteiger charge is -2.20. The molecule has 0 saturated carbocycles. The third-order valence-electron chi connectivity index (χ3n) is 4.62. The molecule has 2 rings (SSSR count). The molecular weight excluding hydrogens is 358 g/mol. The van der Waals surface area contributed by atoms with Crippen molar-refractivity contribution in [1.29, 1.82) is 0 Å². The molecule has 0 unspecified atom stereocenters. The predicted molar refractivity (Wildman–Crippen MR) is 123 cm³/mol. The zero-order valence-corrected chi connectivity index (χ0v) is 17.6. The number of nitrogens with zero attached hydrogens (tertiary/aromatic N) is 1. The number of hydrogen-bond donors (Lipinski definition) is 2. The molecule has 0 aliphatic heterocycles. The summed E-state index contributed by atoms with van der Waals surface area (Å²) in [6.45, 7) is 9.11. The second kappa shape index (κ2) is 12.4. The van der Waals surface area contributed by atoms with Crippen LogP contribution in [0.15, 0.2) is 89.9 Å². The van der Waals surface area contributed by atoms with E-state index in [1.165, 1.54) is 11.1 Å². The molecule has 4 heteroatoms. The molecule has 154 valence electrons. The van der Waals surface area contributed by atoms with Gasteiger partial charge in [0, 0.05) is 12.5 Å². The average Bonchev–Trinajstić information content (AvgIpc) is 2.74. The van der Waals surface area contributed by atoms with Crippen LogP contribution in [0.1, 0.15) is 50.2 Å². The zero-order chi connectivity index (χ0) is 20.9. The first-order valence-electron chi connectivity index (χ1n) is 10.3. The lowest BCUT2D eigenvalue weighted by molar-refractivity contribution is 0.220. The van der Waals surface area contributed by atoms with E-state index in [1.54, 1.807) is 0 Å². The summed E-state index contributed by atoms with van der Waals surface area (Å²) in [4.78, 5) is 4.61. The fraction of sp³-hybridized carbons (Fsp3) is 0.320. The Morgan fingerprint density at radius 1 is 1.10 bits per heavy atom. The van der Waals surface area contributed by atoms with Gasteiger partial charge in [-0.15, -0.1) is 0 Å². The number of unbranched alkanes of at least 4 members (excludes halogenated alkanes) is 1. The Labute approximate surface area is 175 Å². The predicted octanol–water partition coefficient (Wildman–Crippen LogP) is 5.35. The first-order valence-corrected chi connectivity index (χ1v) is 10.3. The summed E-state index contributed by atoms with van der Waals surface area (Å²) in [6.07, 6.45) is 4.88. The Balaban J connectivity index is 2.09. The molecule has 0 saturated heterocycles. The number of amidine groups is 1. The number of ether oxygens (including phenoxy) is 1. The third kappa shape index (κ3) is 7.49. The molecule has 0 heterocycles. The van der Waals surface area contributed by atoms with Crippen molar-refractivity contribution in [2.75, 3.05) is 13.2 Å². The van der Waals surface area contributed by atoms with Crippen molar-refractivity contribution in [2.45, 2.75) is 39.0 Å². The molecular formula is C25H33N3O. The lowest BCUT2D eigenvalue weighted by atomic mass is 9.89. The summed E-state index contributed by atoms with van der Waals surface area (Å²) in [7, 11) is 0. The van der Waals surface area contributed by atoms with Crippen LogP contribution in [0.2, 0.25) is 0 Å². The summed E-state index contributed by atoms with van der Waals surface area (Å²) in [5.74, 6) is 1.97. The van der Waals surface area contributed by atoms with Gasteiger partial charge in [-0.3, -0.25) is 4.99 Å². The van der Waals surface area contributed by atoms with E-state index < -0.39 is 0 Å². The molecule has 0 spiro atoms. The van der Waals surface area contributed by atoms with Crippen molar-refractivity contribution in [3.8, 4) is 0 Å². The van der Waals surface area contributed by atoms with Gasteiger partial charge < -0.3 is 15.8 Å². The van der Waals surface area contributed by atoms with Gasteiger partial charge in [0.1, 0.15) is 0 Å². The number of rotatable bonds is 11. The van der Waals surface area contributed by atoms with E-state index in [-0.39, 0.29) is 5.92 Å². The van der Waals surface area contributed by atoms with E-state index in [0.717, 1.165) is 25.8 Å². The van der Waals surface area contributed by atoms with Crippen LogP contribution in [0, 0.1) is 0 Å². The Kier molecular flexibility index (Phi) is 9.56. The molecule has 0 aromatic heterocycles. The monoisotopic (exact) mass is 391 g/mol. The van der Waals surface area contributed by atoms with Crippen LogP contribution in [0.3, 0.4) is 0 Å². The number of allylic oxidation sites excluding steroid dienone is 1.